The van der Waals surface area contributed by atoms with Crippen LogP contribution in [0.2, 0.25) is 0 Å². The van der Waals surface area contributed by atoms with Crippen LogP contribution in [0, 0.1) is 12.8 Å². The molecule has 1 heteroatoms. The van der Waals surface area contributed by atoms with Gasteiger partial charge in [0.25, 0.3) is 0 Å². The zero-order chi connectivity index (χ0) is 5.41. The van der Waals surface area contributed by atoms with E-state index in [-0.39, 0.29) is 32.7 Å². The van der Waals surface area contributed by atoms with Gasteiger partial charge in [-0.25, -0.2) is 0 Å². The Balaban J connectivity index is -0.0000000400. The fourth-order valence-corrected chi connectivity index (χ4v) is 0. The van der Waals surface area contributed by atoms with E-state index >= 15 is 0 Å². The molecule has 0 unspecified atom stereocenters. The minimum Gasteiger partial charge on any atom is -0.335 e. The van der Waals surface area contributed by atoms with E-state index in [0.717, 1.165) is 0 Å². The molecule has 0 fully saturated rings. The molecular weight excluding hydrogens is 161 g/mol. The Bertz CT molecular complexity index is 6.14. The van der Waals surface area contributed by atoms with Crippen LogP contribution in [0.1, 0.15) is 27.7 Å². The molecule has 0 rings (SSSR count). The molecule has 0 aromatic heterocycles. The molecule has 1 radical (unpaired) electrons. The van der Waals surface area contributed by atoms with Crippen LogP contribution in [-0.4, -0.2) is 0 Å². The van der Waals surface area contributed by atoms with E-state index in [9.17, 15) is 0 Å². The van der Waals surface area contributed by atoms with Gasteiger partial charge in [0.2, 0.25) is 0 Å². The Morgan fingerprint density at radius 1 is 0.714 bits per heavy atom. The first-order chi connectivity index (χ1) is 2.83. The van der Waals surface area contributed by atoms with E-state index in [2.05, 4.69) is 0 Å². The summed E-state index contributed by atoms with van der Waals surface area (Å²) in [5, 5.41) is 0. The van der Waals surface area contributed by atoms with Gasteiger partial charge >= 0.3 is 0 Å². The molecule has 0 bridgehead atoms. The predicted octanol–water partition coefficient (Wildman–Crippen LogP) is 2.46. The van der Waals surface area contributed by atoms with Crippen molar-refractivity contribution in [3.05, 3.63) is 12.8 Å². The monoisotopic (exact) mass is 175 g/mol. The Hall–Kier alpha value is 1.10. The van der Waals surface area contributed by atoms with Crippen molar-refractivity contribution < 1.29 is 32.7 Å². The normalized spacial score (nSPS) is 5.14. The van der Waals surface area contributed by atoms with Crippen molar-refractivity contribution in [2.24, 2.45) is 0 Å². The first-order valence-electron chi connectivity index (χ1n) is 2.31. The van der Waals surface area contributed by atoms with Gasteiger partial charge in [-0.05, 0) is 0 Å². The third kappa shape index (κ3) is 152. The van der Waals surface area contributed by atoms with Gasteiger partial charge < -0.3 is 12.8 Å². The Morgan fingerprint density at radius 3 is 0.714 bits per heavy atom. The van der Waals surface area contributed by atoms with Crippen LogP contribution < -0.4 is 0 Å². The van der Waals surface area contributed by atoms with Crippen LogP contribution in [0.3, 0.4) is 0 Å². The molecule has 0 aliphatic carbocycles. The van der Waals surface area contributed by atoms with Crippen molar-refractivity contribution in [2.75, 3.05) is 0 Å². The summed E-state index contributed by atoms with van der Waals surface area (Å²) in [6, 6.07) is 0. The van der Waals surface area contributed by atoms with Crippen molar-refractivity contribution in [1.82, 2.24) is 0 Å². The van der Waals surface area contributed by atoms with E-state index in [4.69, 9.17) is 0 Å². The zero-order valence-corrected chi connectivity index (χ0v) is 8.57. The molecule has 43 valence electrons. The summed E-state index contributed by atoms with van der Waals surface area (Å²) in [5.74, 6) is 0. The number of hydrogen-bond acceptors (Lipinski definition) is 0. The molecule has 7 heavy (non-hydrogen) atoms. The van der Waals surface area contributed by atoms with E-state index in [1.807, 2.05) is 40.5 Å². The smallest absolute Gasteiger partial charge is 0 e. The fourth-order valence-electron chi connectivity index (χ4n) is 0. The number of rotatable bonds is 0. The molecule has 0 aromatic rings. The molecule has 0 nitrogen and oxygen atoms in total. The maximum Gasteiger partial charge on any atom is 0 e. The topological polar surface area (TPSA) is 0 Å². The van der Waals surface area contributed by atoms with E-state index < -0.39 is 0 Å². The van der Waals surface area contributed by atoms with Crippen LogP contribution >= 0.6 is 0 Å². The Labute approximate surface area is 73.0 Å². The van der Waals surface area contributed by atoms with E-state index in [1.165, 1.54) is 0 Å². The Kier molecular flexibility index (Phi) is 61.6. The largest absolute Gasteiger partial charge is 0.335 e. The molecule has 0 aromatic carbocycles. The quantitative estimate of drug-likeness (QED) is 0.496. The van der Waals surface area contributed by atoms with Crippen molar-refractivity contribution in [2.45, 2.75) is 27.7 Å². The summed E-state index contributed by atoms with van der Waals surface area (Å²) < 4.78 is 0. The standard InChI is InChI=1S/2C3H7.Y/c2*1-3-2;/h2*3H,1-2H3;/q2*-1;. The van der Waals surface area contributed by atoms with Crippen molar-refractivity contribution in [3.8, 4) is 0 Å². The maximum atomic E-state index is 2.00. The van der Waals surface area contributed by atoms with Crippen molar-refractivity contribution in [3.63, 3.8) is 0 Å². The van der Waals surface area contributed by atoms with Gasteiger partial charge in [0, 0.05) is 32.7 Å². The summed E-state index contributed by atoms with van der Waals surface area (Å²) >= 11 is 0. The summed E-state index contributed by atoms with van der Waals surface area (Å²) in [4.78, 5) is 0. The first-order valence-corrected chi connectivity index (χ1v) is 2.31. The first kappa shape index (κ1) is 15.7. The maximum absolute atomic E-state index is 2.00. The van der Waals surface area contributed by atoms with Crippen LogP contribution in [0.15, 0.2) is 0 Å². The summed E-state index contributed by atoms with van der Waals surface area (Å²) in [6.45, 7) is 8.00. The summed E-state index contributed by atoms with van der Waals surface area (Å²) in [5.41, 5.74) is 0. The van der Waals surface area contributed by atoms with E-state index in [0.29, 0.717) is 0 Å². The van der Waals surface area contributed by atoms with Gasteiger partial charge in [-0.1, -0.05) is 0 Å². The molecule has 0 spiro atoms. The molecule has 0 heterocycles. The van der Waals surface area contributed by atoms with Crippen molar-refractivity contribution >= 4 is 0 Å². The van der Waals surface area contributed by atoms with Gasteiger partial charge in [-0.3, -0.25) is 0 Å². The van der Waals surface area contributed by atoms with Gasteiger partial charge in [0.05, 0.1) is 0 Å². The van der Waals surface area contributed by atoms with Crippen LogP contribution in [0.5, 0.6) is 0 Å². The Morgan fingerprint density at radius 2 is 0.714 bits per heavy atom. The molecule has 0 amide bonds. The second-order valence-electron chi connectivity index (χ2n) is 1.15. The SMILES string of the molecule is C[CH-]C.C[CH-]C.[Y]. The molecule has 0 saturated heterocycles. The summed E-state index contributed by atoms with van der Waals surface area (Å²) in [6.07, 6.45) is 4.00. The second kappa shape index (κ2) is 27.5. The van der Waals surface area contributed by atoms with Gasteiger partial charge in [0.15, 0.2) is 0 Å². The molecule has 0 saturated carbocycles. The molecule has 0 N–H and O–H groups in total. The average Bonchev–Trinajstić information content (AvgIpc) is 1.39. The molecule has 0 aliphatic rings. The molecule has 0 atom stereocenters. The fraction of sp³-hybridized carbons (Fsp3) is 0.667. The summed E-state index contributed by atoms with van der Waals surface area (Å²) in [7, 11) is 0. The molecule has 0 aliphatic heterocycles. The average molecular weight is 175 g/mol. The van der Waals surface area contributed by atoms with Gasteiger partial charge in [0.1, 0.15) is 0 Å². The number of hydrogen-bond donors (Lipinski definition) is 0. The molecular formula is C6H14Y-2. The minimum atomic E-state index is 0. The van der Waals surface area contributed by atoms with Crippen LogP contribution in [0.25, 0.3) is 0 Å². The van der Waals surface area contributed by atoms with Crippen LogP contribution in [-0.2, 0) is 32.7 Å². The predicted molar refractivity (Wildman–Crippen MR) is 31.3 cm³/mol. The third-order valence-electron chi connectivity index (χ3n) is 0. The minimum absolute atomic E-state index is 0. The van der Waals surface area contributed by atoms with E-state index in [1.54, 1.807) is 0 Å². The zero-order valence-electron chi connectivity index (χ0n) is 5.73. The van der Waals surface area contributed by atoms with Crippen LogP contribution in [0.4, 0.5) is 0 Å². The second-order valence-corrected chi connectivity index (χ2v) is 1.15. The van der Waals surface area contributed by atoms with Gasteiger partial charge in [-0.2, -0.15) is 27.7 Å². The van der Waals surface area contributed by atoms with Gasteiger partial charge in [-0.15, -0.1) is 0 Å². The van der Waals surface area contributed by atoms with Crippen molar-refractivity contribution in [1.29, 1.82) is 0 Å². The third-order valence-corrected chi connectivity index (χ3v) is 0.